The van der Waals surface area contributed by atoms with Crippen LogP contribution in [-0.2, 0) is 6.18 Å². The average Bonchev–Trinajstić information content (AvgIpc) is 2.31. The third-order valence-corrected chi connectivity index (χ3v) is 2.92. The molecule has 0 saturated heterocycles. The van der Waals surface area contributed by atoms with Crippen LogP contribution in [0, 0.1) is 5.82 Å². The second-order valence-corrected chi connectivity index (χ2v) is 6.03. The third-order valence-electron chi connectivity index (χ3n) is 2.92. The van der Waals surface area contributed by atoms with Gasteiger partial charge in [-0.2, -0.15) is 13.2 Å². The zero-order valence-electron chi connectivity index (χ0n) is 12.7. The Morgan fingerprint density at radius 2 is 1.76 bits per heavy atom. The molecule has 0 heterocycles. The van der Waals surface area contributed by atoms with E-state index in [0.29, 0.717) is 19.0 Å². The molecule has 0 unspecified atom stereocenters. The van der Waals surface area contributed by atoms with Crippen molar-refractivity contribution in [1.82, 2.24) is 5.32 Å². The van der Waals surface area contributed by atoms with Gasteiger partial charge < -0.3 is 5.32 Å². The van der Waals surface area contributed by atoms with Crippen LogP contribution >= 0.6 is 0 Å². The van der Waals surface area contributed by atoms with Crippen LogP contribution in [0.25, 0.3) is 6.08 Å². The predicted molar refractivity (Wildman–Crippen MR) is 77.4 cm³/mol. The van der Waals surface area contributed by atoms with Gasteiger partial charge in [0.1, 0.15) is 5.82 Å². The van der Waals surface area contributed by atoms with Crippen LogP contribution in [0.15, 0.2) is 23.8 Å². The maximum Gasteiger partial charge on any atom is 0.416 e. The van der Waals surface area contributed by atoms with Gasteiger partial charge in [-0.15, -0.1) is 0 Å². The van der Waals surface area contributed by atoms with Gasteiger partial charge in [0.2, 0.25) is 0 Å². The largest absolute Gasteiger partial charge is 0.416 e. The number of nitrogens with one attached hydrogen (secondary N) is 1. The minimum atomic E-state index is -4.54. The first-order valence-electron chi connectivity index (χ1n) is 6.83. The SMILES string of the molecule is CC/C(=C/c1cc(F)cc(C(F)(F)F)c1)CNC(C)(C)C. The van der Waals surface area contributed by atoms with E-state index in [4.69, 9.17) is 0 Å². The van der Waals surface area contributed by atoms with E-state index in [-0.39, 0.29) is 11.1 Å². The Morgan fingerprint density at radius 1 is 1.14 bits per heavy atom. The van der Waals surface area contributed by atoms with Crippen molar-refractivity contribution < 1.29 is 17.6 Å². The van der Waals surface area contributed by atoms with Crippen LogP contribution in [0.3, 0.4) is 0 Å². The van der Waals surface area contributed by atoms with Crippen LogP contribution in [-0.4, -0.2) is 12.1 Å². The lowest BCUT2D eigenvalue weighted by atomic mass is 10.0. The molecule has 1 rings (SSSR count). The Balaban J connectivity index is 3.03. The molecule has 0 fully saturated rings. The van der Waals surface area contributed by atoms with Gasteiger partial charge in [-0.05, 0) is 51.0 Å². The summed E-state index contributed by atoms with van der Waals surface area (Å²) in [5.74, 6) is -0.879. The smallest absolute Gasteiger partial charge is 0.308 e. The van der Waals surface area contributed by atoms with Crippen LogP contribution in [0.1, 0.15) is 45.2 Å². The minimum Gasteiger partial charge on any atom is -0.308 e. The van der Waals surface area contributed by atoms with Gasteiger partial charge in [-0.25, -0.2) is 4.39 Å². The van der Waals surface area contributed by atoms with E-state index in [9.17, 15) is 17.6 Å². The molecular formula is C16H21F4N. The zero-order chi connectivity index (χ0) is 16.3. The first kappa shape index (κ1) is 17.7. The van der Waals surface area contributed by atoms with Crippen LogP contribution < -0.4 is 5.32 Å². The highest BCUT2D eigenvalue weighted by molar-refractivity contribution is 5.54. The van der Waals surface area contributed by atoms with E-state index in [1.807, 2.05) is 27.7 Å². The lowest BCUT2D eigenvalue weighted by Gasteiger charge is -2.21. The molecule has 1 aromatic carbocycles. The van der Waals surface area contributed by atoms with E-state index in [1.165, 1.54) is 0 Å². The van der Waals surface area contributed by atoms with E-state index < -0.39 is 17.6 Å². The molecule has 0 aliphatic heterocycles. The molecule has 0 aromatic heterocycles. The Morgan fingerprint density at radius 3 is 2.24 bits per heavy atom. The summed E-state index contributed by atoms with van der Waals surface area (Å²) in [4.78, 5) is 0. The monoisotopic (exact) mass is 303 g/mol. The number of hydrogen-bond donors (Lipinski definition) is 1. The molecule has 0 saturated carbocycles. The van der Waals surface area contributed by atoms with E-state index >= 15 is 0 Å². The van der Waals surface area contributed by atoms with Crippen LogP contribution in [0.4, 0.5) is 17.6 Å². The summed E-state index contributed by atoms with van der Waals surface area (Å²) in [6.45, 7) is 8.48. The maximum absolute atomic E-state index is 13.3. The fourth-order valence-corrected chi connectivity index (χ4v) is 1.75. The van der Waals surface area contributed by atoms with Crippen LogP contribution in [0.5, 0.6) is 0 Å². The lowest BCUT2D eigenvalue weighted by molar-refractivity contribution is -0.137. The van der Waals surface area contributed by atoms with Gasteiger partial charge in [-0.1, -0.05) is 18.6 Å². The molecule has 0 bridgehead atoms. The molecule has 0 amide bonds. The number of alkyl halides is 3. The number of halogens is 4. The van der Waals surface area contributed by atoms with Gasteiger partial charge in [0.05, 0.1) is 5.56 Å². The summed E-state index contributed by atoms with van der Waals surface area (Å²) in [7, 11) is 0. The lowest BCUT2D eigenvalue weighted by Crippen LogP contribution is -2.36. The topological polar surface area (TPSA) is 12.0 Å². The quantitative estimate of drug-likeness (QED) is 0.770. The molecule has 0 aliphatic rings. The van der Waals surface area contributed by atoms with Crippen molar-refractivity contribution in [2.24, 2.45) is 0 Å². The second-order valence-electron chi connectivity index (χ2n) is 6.03. The molecule has 0 spiro atoms. The molecule has 0 radical (unpaired) electrons. The van der Waals surface area contributed by atoms with Crippen molar-refractivity contribution in [3.63, 3.8) is 0 Å². The Bertz CT molecular complexity index is 510. The Hall–Kier alpha value is -1.36. The Kier molecular flexibility index (Phi) is 5.56. The standard InChI is InChI=1S/C16H21F4N/c1-5-11(10-21-15(2,3)4)6-12-7-13(16(18,19)20)9-14(17)8-12/h6-9,21H,5,10H2,1-4H3/b11-6-. The molecule has 0 atom stereocenters. The number of benzene rings is 1. The molecule has 1 aromatic rings. The van der Waals surface area contributed by atoms with Crippen molar-refractivity contribution in [2.75, 3.05) is 6.54 Å². The molecule has 1 nitrogen and oxygen atoms in total. The highest BCUT2D eigenvalue weighted by Crippen LogP contribution is 2.31. The first-order valence-corrected chi connectivity index (χ1v) is 6.83. The second kappa shape index (κ2) is 6.60. The highest BCUT2D eigenvalue weighted by atomic mass is 19.4. The summed E-state index contributed by atoms with van der Waals surface area (Å²) < 4.78 is 51.4. The first-order chi connectivity index (χ1) is 9.51. The van der Waals surface area contributed by atoms with Crippen molar-refractivity contribution in [2.45, 2.75) is 45.8 Å². The van der Waals surface area contributed by atoms with Gasteiger partial charge in [0.25, 0.3) is 0 Å². The van der Waals surface area contributed by atoms with Gasteiger partial charge in [-0.3, -0.25) is 0 Å². The minimum absolute atomic E-state index is 0.0900. The molecule has 118 valence electrons. The zero-order valence-corrected chi connectivity index (χ0v) is 12.7. The molecular weight excluding hydrogens is 282 g/mol. The summed E-state index contributed by atoms with van der Waals surface area (Å²) in [5.41, 5.74) is 0.0966. The highest BCUT2D eigenvalue weighted by Gasteiger charge is 2.31. The van der Waals surface area contributed by atoms with Gasteiger partial charge in [0.15, 0.2) is 0 Å². The van der Waals surface area contributed by atoms with Gasteiger partial charge >= 0.3 is 6.18 Å². The van der Waals surface area contributed by atoms with Crippen molar-refractivity contribution in [3.8, 4) is 0 Å². The fraction of sp³-hybridized carbons (Fsp3) is 0.500. The fourth-order valence-electron chi connectivity index (χ4n) is 1.75. The Labute approximate surface area is 123 Å². The summed E-state index contributed by atoms with van der Waals surface area (Å²) in [6.07, 6.45) is -2.25. The number of hydrogen-bond acceptors (Lipinski definition) is 1. The summed E-state index contributed by atoms with van der Waals surface area (Å²) in [5, 5.41) is 3.27. The summed E-state index contributed by atoms with van der Waals surface area (Å²) >= 11 is 0. The summed E-state index contributed by atoms with van der Waals surface area (Å²) in [6, 6.07) is 2.59. The molecule has 5 heteroatoms. The van der Waals surface area contributed by atoms with Crippen molar-refractivity contribution in [1.29, 1.82) is 0 Å². The van der Waals surface area contributed by atoms with Crippen molar-refractivity contribution in [3.05, 3.63) is 40.7 Å². The predicted octanol–water partition coefficient (Wildman–Crippen LogP) is 5.03. The van der Waals surface area contributed by atoms with Crippen LogP contribution in [0.2, 0.25) is 0 Å². The number of rotatable bonds is 4. The van der Waals surface area contributed by atoms with Gasteiger partial charge in [0, 0.05) is 12.1 Å². The van der Waals surface area contributed by atoms with E-state index in [2.05, 4.69) is 5.32 Å². The maximum atomic E-state index is 13.3. The van der Waals surface area contributed by atoms with E-state index in [0.717, 1.165) is 17.7 Å². The van der Waals surface area contributed by atoms with Crippen molar-refractivity contribution >= 4 is 6.08 Å². The third kappa shape index (κ3) is 6.29. The molecule has 0 aliphatic carbocycles. The molecule has 21 heavy (non-hydrogen) atoms. The normalized spacial score (nSPS) is 13.6. The molecule has 1 N–H and O–H groups in total. The van der Waals surface area contributed by atoms with E-state index in [1.54, 1.807) is 6.08 Å². The average molecular weight is 303 g/mol.